The Kier molecular flexibility index (Phi) is 7.36. The molecular weight excluding hydrogens is 335 g/mol. The van der Waals surface area contributed by atoms with Gasteiger partial charge in [-0.05, 0) is 57.5 Å². The first kappa shape index (κ1) is 20.3. The van der Waals surface area contributed by atoms with Gasteiger partial charge in [0, 0.05) is 20.1 Å². The van der Waals surface area contributed by atoms with Gasteiger partial charge in [-0.3, -0.25) is 4.79 Å². The van der Waals surface area contributed by atoms with E-state index < -0.39 is 0 Å². The number of nitrogens with one attached hydrogen (secondary N) is 1. The molecule has 7 heteroatoms. The van der Waals surface area contributed by atoms with Crippen molar-refractivity contribution in [2.24, 2.45) is 12.5 Å². The van der Waals surface area contributed by atoms with Gasteiger partial charge < -0.3 is 14.8 Å². The van der Waals surface area contributed by atoms with Crippen LogP contribution in [-0.2, 0) is 7.05 Å². The Labute approximate surface area is 151 Å². The van der Waals surface area contributed by atoms with Crippen molar-refractivity contribution in [3.05, 3.63) is 17.7 Å². The molecule has 3 heterocycles. The molecule has 2 aliphatic rings. The molecule has 0 aromatic carbocycles. The van der Waals surface area contributed by atoms with Crippen molar-refractivity contribution in [3.63, 3.8) is 0 Å². The first-order valence-electron chi connectivity index (χ1n) is 8.09. The third kappa shape index (κ3) is 4.20. The lowest BCUT2D eigenvalue weighted by Crippen LogP contribution is -2.38. The van der Waals surface area contributed by atoms with Crippen molar-refractivity contribution in [2.45, 2.75) is 39.0 Å². The molecule has 0 radical (unpaired) electrons. The van der Waals surface area contributed by atoms with E-state index in [4.69, 9.17) is 0 Å². The van der Waals surface area contributed by atoms with Crippen LogP contribution >= 0.6 is 24.8 Å². The monoisotopic (exact) mass is 362 g/mol. The minimum Gasteiger partial charge on any atom is -0.337 e. The molecule has 0 bridgehead atoms. The van der Waals surface area contributed by atoms with Crippen LogP contribution in [0.1, 0.15) is 48.3 Å². The fraction of sp³-hybridized carbons (Fsp3) is 0.750. The smallest absolute Gasteiger partial charge is 0.272 e. The van der Waals surface area contributed by atoms with Crippen LogP contribution in [0, 0.1) is 12.3 Å². The number of halogens is 2. The normalized spacial score (nSPS) is 20.3. The minimum atomic E-state index is 0. The number of aromatic nitrogens is 2. The van der Waals surface area contributed by atoms with Crippen molar-refractivity contribution in [2.75, 3.05) is 26.2 Å². The number of hydrogen-bond acceptors (Lipinski definition) is 3. The summed E-state index contributed by atoms with van der Waals surface area (Å²) in [7, 11) is 1.90. The number of hydrogen-bond donors (Lipinski definition) is 1. The molecule has 2 saturated heterocycles. The van der Waals surface area contributed by atoms with Gasteiger partial charge in [-0.2, -0.15) is 0 Å². The van der Waals surface area contributed by atoms with Crippen molar-refractivity contribution in [1.29, 1.82) is 0 Å². The Bertz CT molecular complexity index is 507. The topological polar surface area (TPSA) is 50.2 Å². The number of aryl methyl sites for hydroxylation is 2. The quantitative estimate of drug-likeness (QED) is 0.834. The Morgan fingerprint density at radius 1 is 1.17 bits per heavy atom. The van der Waals surface area contributed by atoms with Crippen molar-refractivity contribution in [1.82, 2.24) is 19.8 Å². The summed E-state index contributed by atoms with van der Waals surface area (Å²) in [6.07, 6.45) is 7.80. The summed E-state index contributed by atoms with van der Waals surface area (Å²) < 4.78 is 1.85. The molecule has 1 aromatic rings. The summed E-state index contributed by atoms with van der Waals surface area (Å²) in [4.78, 5) is 19.1. The molecule has 0 atom stereocenters. The average molecular weight is 363 g/mol. The highest BCUT2D eigenvalue weighted by atomic mass is 35.5. The highest BCUT2D eigenvalue weighted by Crippen LogP contribution is 2.39. The van der Waals surface area contributed by atoms with Crippen LogP contribution in [0.5, 0.6) is 0 Å². The van der Waals surface area contributed by atoms with Crippen LogP contribution < -0.4 is 5.32 Å². The minimum absolute atomic E-state index is 0. The molecule has 1 aromatic heterocycles. The fourth-order valence-corrected chi connectivity index (χ4v) is 3.92. The number of nitrogens with zero attached hydrogens (tertiary/aromatic N) is 3. The molecule has 0 unspecified atom stereocenters. The van der Waals surface area contributed by atoms with Crippen LogP contribution in [0.3, 0.4) is 0 Å². The van der Waals surface area contributed by atoms with Gasteiger partial charge in [-0.1, -0.05) is 0 Å². The van der Waals surface area contributed by atoms with Crippen molar-refractivity contribution < 1.29 is 4.79 Å². The molecule has 3 rings (SSSR count). The predicted octanol–water partition coefficient (Wildman–Crippen LogP) is 2.57. The third-order valence-corrected chi connectivity index (χ3v) is 5.32. The van der Waals surface area contributed by atoms with E-state index >= 15 is 0 Å². The lowest BCUT2D eigenvalue weighted by atomic mass is 9.73. The van der Waals surface area contributed by atoms with Gasteiger partial charge in [-0.15, -0.1) is 24.8 Å². The zero-order valence-electron chi connectivity index (χ0n) is 14.0. The maximum absolute atomic E-state index is 12.8. The number of piperidine rings is 1. The Hall–Kier alpha value is -0.780. The van der Waals surface area contributed by atoms with Crippen LogP contribution in [0.2, 0.25) is 0 Å². The number of likely N-dealkylation sites (tertiary alicyclic amines) is 1. The Morgan fingerprint density at radius 3 is 2.48 bits per heavy atom. The van der Waals surface area contributed by atoms with Crippen LogP contribution in [-0.4, -0.2) is 46.5 Å². The summed E-state index contributed by atoms with van der Waals surface area (Å²) in [5, 5.41) is 3.46. The number of rotatable bonds is 1. The van der Waals surface area contributed by atoms with E-state index in [-0.39, 0.29) is 30.7 Å². The highest BCUT2D eigenvalue weighted by molar-refractivity contribution is 5.93. The number of carbonyl (C=O) groups excluding carboxylic acids is 1. The van der Waals surface area contributed by atoms with Gasteiger partial charge in [0.2, 0.25) is 0 Å². The largest absolute Gasteiger partial charge is 0.337 e. The zero-order valence-corrected chi connectivity index (χ0v) is 15.6. The summed E-state index contributed by atoms with van der Waals surface area (Å²) in [6.45, 7) is 5.96. The molecular formula is C16H28Cl2N4O. The van der Waals surface area contributed by atoms with E-state index in [1.54, 1.807) is 6.33 Å². The van der Waals surface area contributed by atoms with E-state index in [0.29, 0.717) is 5.41 Å². The second-order valence-corrected chi connectivity index (χ2v) is 6.69. The lowest BCUT2D eigenvalue weighted by molar-refractivity contribution is 0.0740. The van der Waals surface area contributed by atoms with E-state index in [1.807, 2.05) is 23.4 Å². The molecule has 5 nitrogen and oxygen atoms in total. The molecule has 2 fully saturated rings. The molecule has 0 aliphatic carbocycles. The molecule has 2 aliphatic heterocycles. The Balaban J connectivity index is 0.00000132. The Morgan fingerprint density at radius 2 is 1.87 bits per heavy atom. The van der Waals surface area contributed by atoms with E-state index in [9.17, 15) is 4.79 Å². The summed E-state index contributed by atoms with van der Waals surface area (Å²) in [5.41, 5.74) is 2.06. The van der Waals surface area contributed by atoms with E-state index in [0.717, 1.165) is 50.4 Å². The van der Waals surface area contributed by atoms with E-state index in [2.05, 4.69) is 10.3 Å². The second kappa shape index (κ2) is 8.36. The lowest BCUT2D eigenvalue weighted by Gasteiger charge is -2.37. The molecule has 23 heavy (non-hydrogen) atoms. The summed E-state index contributed by atoms with van der Waals surface area (Å²) in [5.74, 6) is 0.151. The molecule has 1 spiro atoms. The number of amides is 1. The van der Waals surface area contributed by atoms with Gasteiger partial charge in [-0.25, -0.2) is 4.98 Å². The van der Waals surface area contributed by atoms with Gasteiger partial charge in [0.15, 0.2) is 0 Å². The summed E-state index contributed by atoms with van der Waals surface area (Å²) >= 11 is 0. The maximum Gasteiger partial charge on any atom is 0.272 e. The average Bonchev–Trinajstić information content (AvgIpc) is 2.70. The maximum atomic E-state index is 12.8. The second-order valence-electron chi connectivity index (χ2n) is 6.69. The highest BCUT2D eigenvalue weighted by Gasteiger charge is 2.35. The third-order valence-electron chi connectivity index (χ3n) is 5.32. The molecule has 1 amide bonds. The predicted molar refractivity (Wildman–Crippen MR) is 96.7 cm³/mol. The summed E-state index contributed by atoms with van der Waals surface area (Å²) in [6, 6.07) is 0. The number of carbonyl (C=O) groups is 1. The molecule has 1 N–H and O–H groups in total. The van der Waals surface area contributed by atoms with Crippen molar-refractivity contribution >= 4 is 30.7 Å². The van der Waals surface area contributed by atoms with E-state index in [1.165, 1.54) is 19.3 Å². The molecule has 0 saturated carbocycles. The van der Waals surface area contributed by atoms with Gasteiger partial charge >= 0.3 is 0 Å². The molecule has 132 valence electrons. The first-order valence-corrected chi connectivity index (χ1v) is 8.09. The van der Waals surface area contributed by atoms with Gasteiger partial charge in [0.05, 0.1) is 12.0 Å². The van der Waals surface area contributed by atoms with Crippen LogP contribution in [0.4, 0.5) is 0 Å². The first-order chi connectivity index (χ1) is 10.1. The van der Waals surface area contributed by atoms with Gasteiger partial charge in [0.1, 0.15) is 5.69 Å². The fourth-order valence-electron chi connectivity index (χ4n) is 3.92. The SMILES string of the molecule is Cc1ncn(C)c1C(=O)N1CCCC2(CCNCC2)CC1.Cl.Cl. The van der Waals surface area contributed by atoms with Gasteiger partial charge in [0.25, 0.3) is 5.91 Å². The van der Waals surface area contributed by atoms with Crippen LogP contribution in [0.25, 0.3) is 0 Å². The van der Waals surface area contributed by atoms with Crippen LogP contribution in [0.15, 0.2) is 6.33 Å². The number of imidazole rings is 1. The zero-order chi connectivity index (χ0) is 14.9. The standard InChI is InChI=1S/C16H26N4O.2ClH/c1-13-14(19(2)12-18-13)15(21)20-10-3-4-16(7-11-20)5-8-17-9-6-16;;/h12,17H,3-11H2,1-2H3;2*1H. The van der Waals surface area contributed by atoms with Crippen molar-refractivity contribution in [3.8, 4) is 0 Å².